The van der Waals surface area contributed by atoms with E-state index in [0.717, 1.165) is 24.8 Å². The number of unbranched alkanes of at least 4 members (excludes halogenated alkanes) is 1. The molecule has 2 N–H and O–H groups in total. The van der Waals surface area contributed by atoms with Crippen LogP contribution in [0, 0.1) is 0 Å². The molecular formula is C18H24N2O4. The highest BCUT2D eigenvalue weighted by atomic mass is 16.5. The Hall–Kier alpha value is -2.50. The van der Waals surface area contributed by atoms with Crippen LogP contribution in [0.15, 0.2) is 24.3 Å². The molecule has 6 heteroatoms. The van der Waals surface area contributed by atoms with Crippen LogP contribution in [-0.2, 0) is 9.59 Å². The number of carbonyl (C=O) groups is 2. The minimum absolute atomic E-state index is 0.0652. The van der Waals surface area contributed by atoms with E-state index in [4.69, 9.17) is 15.2 Å². The number of fused-ring (bicyclic) bond motifs is 1. The summed E-state index contributed by atoms with van der Waals surface area (Å²) in [5.41, 5.74) is 6.05. The smallest absolute Gasteiger partial charge is 0.247 e. The minimum Gasteiger partial charge on any atom is -0.490 e. The third-order valence-electron chi connectivity index (χ3n) is 3.63. The van der Waals surface area contributed by atoms with E-state index in [2.05, 4.69) is 0 Å². The summed E-state index contributed by atoms with van der Waals surface area (Å²) in [6, 6.07) is 5.54. The van der Waals surface area contributed by atoms with Crippen LogP contribution < -0.4 is 15.2 Å². The highest BCUT2D eigenvalue weighted by molar-refractivity contribution is 5.94. The van der Waals surface area contributed by atoms with Crippen molar-refractivity contribution in [2.75, 3.05) is 26.3 Å². The summed E-state index contributed by atoms with van der Waals surface area (Å²) in [6.45, 7) is 3.73. The molecule has 0 aliphatic carbocycles. The average molecular weight is 332 g/mol. The Labute approximate surface area is 142 Å². The molecule has 6 nitrogen and oxygen atoms in total. The van der Waals surface area contributed by atoms with Gasteiger partial charge in [-0.2, -0.15) is 0 Å². The van der Waals surface area contributed by atoms with E-state index in [9.17, 15) is 9.59 Å². The number of primary amides is 1. The summed E-state index contributed by atoms with van der Waals surface area (Å²) in [5.74, 6) is 0.661. The third kappa shape index (κ3) is 5.30. The van der Waals surface area contributed by atoms with E-state index in [-0.39, 0.29) is 12.5 Å². The van der Waals surface area contributed by atoms with Crippen molar-refractivity contribution in [1.29, 1.82) is 0 Å². The largest absolute Gasteiger partial charge is 0.490 e. The van der Waals surface area contributed by atoms with E-state index in [1.165, 1.54) is 11.0 Å². The van der Waals surface area contributed by atoms with E-state index in [1.54, 1.807) is 6.08 Å². The van der Waals surface area contributed by atoms with Crippen molar-refractivity contribution in [1.82, 2.24) is 4.90 Å². The van der Waals surface area contributed by atoms with Crippen LogP contribution in [0.5, 0.6) is 11.5 Å². The fraction of sp³-hybridized carbons (Fsp3) is 0.444. The van der Waals surface area contributed by atoms with Crippen LogP contribution >= 0.6 is 0 Å². The summed E-state index contributed by atoms with van der Waals surface area (Å²) in [4.78, 5) is 24.9. The lowest BCUT2D eigenvalue weighted by atomic mass is 10.2. The lowest BCUT2D eigenvalue weighted by Crippen LogP contribution is -2.38. The van der Waals surface area contributed by atoms with Crippen molar-refractivity contribution in [3.8, 4) is 11.5 Å². The van der Waals surface area contributed by atoms with Gasteiger partial charge in [-0.15, -0.1) is 0 Å². The first-order valence-corrected chi connectivity index (χ1v) is 8.25. The number of rotatable bonds is 7. The lowest BCUT2D eigenvalue weighted by Gasteiger charge is -2.19. The van der Waals surface area contributed by atoms with Crippen molar-refractivity contribution in [3.63, 3.8) is 0 Å². The van der Waals surface area contributed by atoms with Crippen molar-refractivity contribution < 1.29 is 19.1 Å². The maximum Gasteiger partial charge on any atom is 0.247 e. The topological polar surface area (TPSA) is 81.9 Å². The molecule has 0 bridgehead atoms. The molecule has 0 saturated carbocycles. The van der Waals surface area contributed by atoms with Gasteiger partial charge in [0.1, 0.15) is 0 Å². The van der Waals surface area contributed by atoms with Gasteiger partial charge in [-0.05, 0) is 30.2 Å². The molecule has 1 aromatic carbocycles. The fourth-order valence-corrected chi connectivity index (χ4v) is 2.36. The zero-order chi connectivity index (χ0) is 17.4. The second kappa shape index (κ2) is 8.96. The molecule has 0 aromatic heterocycles. The van der Waals surface area contributed by atoms with E-state index in [0.29, 0.717) is 31.3 Å². The summed E-state index contributed by atoms with van der Waals surface area (Å²) in [6.07, 6.45) is 5.78. The molecule has 2 amide bonds. The number of benzene rings is 1. The van der Waals surface area contributed by atoms with Crippen LogP contribution in [0.1, 0.15) is 31.7 Å². The number of ether oxygens (including phenoxy) is 2. The van der Waals surface area contributed by atoms with Gasteiger partial charge >= 0.3 is 0 Å². The van der Waals surface area contributed by atoms with Gasteiger partial charge in [-0.25, -0.2) is 0 Å². The normalized spacial score (nSPS) is 13.5. The predicted molar refractivity (Wildman–Crippen MR) is 91.8 cm³/mol. The first kappa shape index (κ1) is 17.8. The van der Waals surface area contributed by atoms with Crippen LogP contribution in [0.3, 0.4) is 0 Å². The minimum atomic E-state index is -0.511. The molecule has 0 spiro atoms. The molecule has 0 fully saturated rings. The van der Waals surface area contributed by atoms with E-state index < -0.39 is 5.91 Å². The molecular weight excluding hydrogens is 308 g/mol. The van der Waals surface area contributed by atoms with E-state index >= 15 is 0 Å². The summed E-state index contributed by atoms with van der Waals surface area (Å²) in [5, 5.41) is 0. The zero-order valence-corrected chi connectivity index (χ0v) is 14.0. The number of nitrogens with two attached hydrogens (primary N) is 1. The Kier molecular flexibility index (Phi) is 6.66. The molecule has 2 rings (SSSR count). The number of hydrogen-bond donors (Lipinski definition) is 1. The predicted octanol–water partition coefficient (Wildman–Crippen LogP) is 1.98. The molecule has 1 heterocycles. The maximum atomic E-state index is 12.3. The molecule has 0 atom stereocenters. The fourth-order valence-electron chi connectivity index (χ4n) is 2.36. The number of amides is 2. The first-order valence-electron chi connectivity index (χ1n) is 8.25. The van der Waals surface area contributed by atoms with Crippen molar-refractivity contribution >= 4 is 17.9 Å². The van der Waals surface area contributed by atoms with Crippen LogP contribution in [0.25, 0.3) is 6.08 Å². The van der Waals surface area contributed by atoms with Crippen LogP contribution in [0.2, 0.25) is 0 Å². The second-order valence-corrected chi connectivity index (χ2v) is 5.67. The zero-order valence-electron chi connectivity index (χ0n) is 14.0. The Morgan fingerprint density at radius 1 is 1.25 bits per heavy atom. The molecule has 24 heavy (non-hydrogen) atoms. The highest BCUT2D eigenvalue weighted by Gasteiger charge is 2.13. The van der Waals surface area contributed by atoms with Gasteiger partial charge in [0.25, 0.3) is 0 Å². The summed E-state index contributed by atoms with van der Waals surface area (Å²) >= 11 is 0. The quantitative estimate of drug-likeness (QED) is 0.774. The monoisotopic (exact) mass is 332 g/mol. The summed E-state index contributed by atoms with van der Waals surface area (Å²) in [7, 11) is 0. The first-order chi connectivity index (χ1) is 11.6. The Bertz CT molecular complexity index is 613. The molecule has 0 saturated heterocycles. The van der Waals surface area contributed by atoms with Crippen molar-refractivity contribution in [2.24, 2.45) is 5.73 Å². The molecule has 1 aliphatic heterocycles. The van der Waals surface area contributed by atoms with Gasteiger partial charge in [-0.3, -0.25) is 9.59 Å². The number of hydrogen-bond acceptors (Lipinski definition) is 4. The molecule has 1 aliphatic rings. The van der Waals surface area contributed by atoms with E-state index in [1.807, 2.05) is 25.1 Å². The SMILES string of the molecule is CCCCN(CC(N)=O)C(=O)C=Cc1ccc2c(c1)OCCCO2. The van der Waals surface area contributed by atoms with Crippen molar-refractivity contribution in [3.05, 3.63) is 29.8 Å². The molecule has 1 aromatic rings. The Morgan fingerprint density at radius 2 is 2.00 bits per heavy atom. The lowest BCUT2D eigenvalue weighted by molar-refractivity contribution is -0.131. The van der Waals surface area contributed by atoms with Gasteiger partial charge < -0.3 is 20.1 Å². The maximum absolute atomic E-state index is 12.3. The third-order valence-corrected chi connectivity index (χ3v) is 3.63. The Morgan fingerprint density at radius 3 is 2.71 bits per heavy atom. The Balaban J connectivity index is 2.06. The van der Waals surface area contributed by atoms with Crippen molar-refractivity contribution in [2.45, 2.75) is 26.2 Å². The average Bonchev–Trinajstić information content (AvgIpc) is 2.80. The number of nitrogens with zero attached hydrogens (tertiary/aromatic N) is 1. The molecule has 0 radical (unpaired) electrons. The van der Waals surface area contributed by atoms with Gasteiger partial charge in [0.05, 0.1) is 19.8 Å². The van der Waals surface area contributed by atoms with Gasteiger partial charge in [0.15, 0.2) is 11.5 Å². The van der Waals surface area contributed by atoms with Crippen LogP contribution in [0.4, 0.5) is 0 Å². The molecule has 0 unspecified atom stereocenters. The molecule has 130 valence electrons. The number of carbonyl (C=O) groups excluding carboxylic acids is 2. The standard InChI is InChI=1S/C18H24N2O4/c1-2-3-9-20(13-17(19)21)18(22)8-6-14-5-7-15-16(12-14)24-11-4-10-23-15/h5-8,12H,2-4,9-11,13H2,1H3,(H2,19,21). The van der Waals surface area contributed by atoms with Gasteiger partial charge in [0.2, 0.25) is 11.8 Å². The summed E-state index contributed by atoms with van der Waals surface area (Å²) < 4.78 is 11.2. The van der Waals surface area contributed by atoms with Crippen LogP contribution in [-0.4, -0.2) is 43.0 Å². The second-order valence-electron chi connectivity index (χ2n) is 5.67. The highest BCUT2D eigenvalue weighted by Crippen LogP contribution is 2.30. The van der Waals surface area contributed by atoms with Gasteiger partial charge in [0, 0.05) is 19.0 Å². The van der Waals surface area contributed by atoms with Gasteiger partial charge in [-0.1, -0.05) is 19.4 Å².